The van der Waals surface area contributed by atoms with Gasteiger partial charge in [-0.2, -0.15) is 0 Å². The molecule has 3 heterocycles. The van der Waals surface area contributed by atoms with Crippen LogP contribution >= 0.6 is 0 Å². The van der Waals surface area contributed by atoms with Crippen molar-refractivity contribution in [1.82, 2.24) is 14.7 Å². The SMILES string of the molecule is Nc1cc(-c2cn3c(n2)CCCC3)no1. The van der Waals surface area contributed by atoms with Crippen LogP contribution in [0.25, 0.3) is 11.4 Å². The molecular formula is C10H12N4O. The first-order valence-corrected chi connectivity index (χ1v) is 5.11. The first-order valence-electron chi connectivity index (χ1n) is 5.11. The number of aryl methyl sites for hydroxylation is 2. The second-order valence-corrected chi connectivity index (χ2v) is 3.81. The van der Waals surface area contributed by atoms with Gasteiger partial charge in [0.2, 0.25) is 5.88 Å². The molecule has 2 aromatic rings. The molecule has 0 bridgehead atoms. The number of nitrogens with zero attached hydrogens (tertiary/aromatic N) is 3. The zero-order chi connectivity index (χ0) is 10.3. The Hall–Kier alpha value is -1.78. The number of rotatable bonds is 1. The van der Waals surface area contributed by atoms with Gasteiger partial charge in [-0.05, 0) is 12.8 Å². The minimum Gasteiger partial charge on any atom is -0.368 e. The topological polar surface area (TPSA) is 69.9 Å². The Balaban J connectivity index is 2.02. The zero-order valence-electron chi connectivity index (χ0n) is 8.31. The third-order valence-electron chi connectivity index (χ3n) is 2.70. The van der Waals surface area contributed by atoms with Gasteiger partial charge in [0.1, 0.15) is 17.2 Å². The van der Waals surface area contributed by atoms with Gasteiger partial charge in [-0.3, -0.25) is 0 Å². The van der Waals surface area contributed by atoms with E-state index in [9.17, 15) is 0 Å². The van der Waals surface area contributed by atoms with Crippen molar-refractivity contribution in [3.8, 4) is 11.4 Å². The minimum atomic E-state index is 0.330. The molecule has 0 atom stereocenters. The van der Waals surface area contributed by atoms with Gasteiger partial charge in [-0.15, -0.1) is 0 Å². The molecule has 78 valence electrons. The van der Waals surface area contributed by atoms with Gasteiger partial charge in [0, 0.05) is 25.2 Å². The van der Waals surface area contributed by atoms with Gasteiger partial charge < -0.3 is 14.8 Å². The predicted molar refractivity (Wildman–Crippen MR) is 55.1 cm³/mol. The summed E-state index contributed by atoms with van der Waals surface area (Å²) in [7, 11) is 0. The average molecular weight is 204 g/mol. The summed E-state index contributed by atoms with van der Waals surface area (Å²) in [5, 5.41) is 3.85. The lowest BCUT2D eigenvalue weighted by atomic mass is 10.2. The Morgan fingerprint density at radius 3 is 3.00 bits per heavy atom. The van der Waals surface area contributed by atoms with E-state index < -0.39 is 0 Å². The summed E-state index contributed by atoms with van der Waals surface area (Å²) in [6.07, 6.45) is 5.51. The van der Waals surface area contributed by atoms with Crippen LogP contribution in [-0.4, -0.2) is 14.7 Å². The average Bonchev–Trinajstić information content (AvgIpc) is 2.82. The van der Waals surface area contributed by atoms with Crippen LogP contribution in [0.3, 0.4) is 0 Å². The van der Waals surface area contributed by atoms with E-state index in [1.54, 1.807) is 6.07 Å². The van der Waals surface area contributed by atoms with Crippen molar-refractivity contribution >= 4 is 5.88 Å². The van der Waals surface area contributed by atoms with Gasteiger partial charge in [-0.1, -0.05) is 5.16 Å². The van der Waals surface area contributed by atoms with Gasteiger partial charge in [0.15, 0.2) is 0 Å². The molecule has 15 heavy (non-hydrogen) atoms. The first kappa shape index (κ1) is 8.52. The molecule has 0 aromatic carbocycles. The fraction of sp³-hybridized carbons (Fsp3) is 0.400. The Kier molecular flexibility index (Phi) is 1.77. The standard InChI is InChI=1S/C10H12N4O/c11-9-5-7(13-15-9)8-6-14-4-2-1-3-10(14)12-8/h5-6H,1-4,11H2. The molecule has 5 heteroatoms. The number of aromatic nitrogens is 3. The van der Waals surface area contributed by atoms with Crippen LogP contribution in [0.2, 0.25) is 0 Å². The normalized spacial score (nSPS) is 15.2. The second-order valence-electron chi connectivity index (χ2n) is 3.81. The predicted octanol–water partition coefficient (Wildman–Crippen LogP) is 1.46. The van der Waals surface area contributed by atoms with Crippen LogP contribution in [0, 0.1) is 0 Å². The highest BCUT2D eigenvalue weighted by Crippen LogP contribution is 2.22. The van der Waals surface area contributed by atoms with Crippen molar-refractivity contribution in [3.63, 3.8) is 0 Å². The zero-order valence-corrected chi connectivity index (χ0v) is 8.31. The molecule has 0 saturated heterocycles. The molecule has 0 unspecified atom stereocenters. The molecule has 0 spiro atoms. The highest BCUT2D eigenvalue weighted by Gasteiger charge is 2.15. The number of hydrogen-bond acceptors (Lipinski definition) is 4. The van der Waals surface area contributed by atoms with E-state index in [2.05, 4.69) is 14.7 Å². The number of imidazole rings is 1. The molecular weight excluding hydrogens is 192 g/mol. The van der Waals surface area contributed by atoms with Crippen LogP contribution in [0.15, 0.2) is 16.8 Å². The minimum absolute atomic E-state index is 0.330. The smallest absolute Gasteiger partial charge is 0.222 e. The molecule has 0 saturated carbocycles. The van der Waals surface area contributed by atoms with Crippen LogP contribution in [0.5, 0.6) is 0 Å². The second kappa shape index (κ2) is 3.12. The summed E-state index contributed by atoms with van der Waals surface area (Å²) in [5.41, 5.74) is 7.05. The highest BCUT2D eigenvalue weighted by molar-refractivity contribution is 5.56. The maximum Gasteiger partial charge on any atom is 0.222 e. The van der Waals surface area contributed by atoms with Gasteiger partial charge in [0.05, 0.1) is 0 Å². The van der Waals surface area contributed by atoms with Crippen molar-refractivity contribution < 1.29 is 4.52 Å². The van der Waals surface area contributed by atoms with Crippen molar-refractivity contribution in [3.05, 3.63) is 18.1 Å². The summed E-state index contributed by atoms with van der Waals surface area (Å²) in [6.45, 7) is 1.05. The van der Waals surface area contributed by atoms with Crippen molar-refractivity contribution in [1.29, 1.82) is 0 Å². The quantitative estimate of drug-likeness (QED) is 0.763. The molecule has 0 fully saturated rings. The molecule has 0 amide bonds. The molecule has 0 aliphatic carbocycles. The molecule has 1 aliphatic rings. The Labute approximate surface area is 86.9 Å². The third kappa shape index (κ3) is 1.40. The van der Waals surface area contributed by atoms with E-state index in [4.69, 9.17) is 10.3 Å². The molecule has 2 aromatic heterocycles. The largest absolute Gasteiger partial charge is 0.368 e. The Bertz CT molecular complexity index is 462. The summed E-state index contributed by atoms with van der Waals surface area (Å²) in [5.74, 6) is 1.47. The summed E-state index contributed by atoms with van der Waals surface area (Å²) < 4.78 is 7.01. The highest BCUT2D eigenvalue weighted by atomic mass is 16.5. The van der Waals surface area contributed by atoms with Crippen LogP contribution in [0.4, 0.5) is 5.88 Å². The maximum absolute atomic E-state index is 5.47. The molecule has 0 radical (unpaired) electrons. The lowest BCUT2D eigenvalue weighted by Crippen LogP contribution is -2.08. The van der Waals surface area contributed by atoms with E-state index in [0.717, 1.165) is 30.2 Å². The van der Waals surface area contributed by atoms with E-state index >= 15 is 0 Å². The number of nitrogens with two attached hydrogens (primary N) is 1. The van der Waals surface area contributed by atoms with Gasteiger partial charge in [-0.25, -0.2) is 4.98 Å². The van der Waals surface area contributed by atoms with E-state index in [1.807, 2.05) is 6.20 Å². The monoisotopic (exact) mass is 204 g/mol. The van der Waals surface area contributed by atoms with Crippen LogP contribution < -0.4 is 5.73 Å². The summed E-state index contributed by atoms with van der Waals surface area (Å²) in [6, 6.07) is 1.70. The van der Waals surface area contributed by atoms with Crippen molar-refractivity contribution in [2.45, 2.75) is 25.8 Å². The van der Waals surface area contributed by atoms with Crippen molar-refractivity contribution in [2.75, 3.05) is 5.73 Å². The third-order valence-corrected chi connectivity index (χ3v) is 2.70. The number of nitrogen functional groups attached to an aromatic ring is 1. The lowest BCUT2D eigenvalue weighted by molar-refractivity contribution is 0.439. The lowest BCUT2D eigenvalue weighted by Gasteiger charge is -2.11. The summed E-state index contributed by atoms with van der Waals surface area (Å²) >= 11 is 0. The summed E-state index contributed by atoms with van der Waals surface area (Å²) in [4.78, 5) is 4.52. The van der Waals surface area contributed by atoms with E-state index in [-0.39, 0.29) is 0 Å². The van der Waals surface area contributed by atoms with Crippen LogP contribution in [-0.2, 0) is 13.0 Å². The van der Waals surface area contributed by atoms with E-state index in [0.29, 0.717) is 5.88 Å². The number of hydrogen-bond donors (Lipinski definition) is 1. The van der Waals surface area contributed by atoms with Gasteiger partial charge >= 0.3 is 0 Å². The Morgan fingerprint density at radius 2 is 2.27 bits per heavy atom. The maximum atomic E-state index is 5.47. The molecule has 3 rings (SSSR count). The fourth-order valence-corrected chi connectivity index (χ4v) is 1.95. The van der Waals surface area contributed by atoms with Gasteiger partial charge in [0.25, 0.3) is 0 Å². The van der Waals surface area contributed by atoms with Crippen molar-refractivity contribution in [2.24, 2.45) is 0 Å². The fourth-order valence-electron chi connectivity index (χ4n) is 1.95. The molecule has 1 aliphatic heterocycles. The van der Waals surface area contributed by atoms with E-state index in [1.165, 1.54) is 12.8 Å². The first-order chi connectivity index (χ1) is 7.33. The Morgan fingerprint density at radius 1 is 1.33 bits per heavy atom. The number of fused-ring (bicyclic) bond motifs is 1. The molecule has 5 nitrogen and oxygen atoms in total. The number of anilines is 1. The van der Waals surface area contributed by atoms with Crippen LogP contribution in [0.1, 0.15) is 18.7 Å². The molecule has 2 N–H and O–H groups in total.